The molecule has 0 fully saturated rings. The Balaban J connectivity index is 2.26. The van der Waals surface area contributed by atoms with Crippen molar-refractivity contribution in [1.82, 2.24) is 24.8 Å². The van der Waals surface area contributed by atoms with Gasteiger partial charge in [-0.15, -0.1) is 0 Å². The quantitative estimate of drug-likeness (QED) is 0.832. The molecular formula is C11H15N5. The second kappa shape index (κ2) is 4.85. The summed E-state index contributed by atoms with van der Waals surface area (Å²) < 4.78 is 1.92. The molecule has 84 valence electrons. The zero-order valence-electron chi connectivity index (χ0n) is 9.51. The van der Waals surface area contributed by atoms with E-state index in [-0.39, 0.29) is 0 Å². The van der Waals surface area contributed by atoms with E-state index in [9.17, 15) is 0 Å². The molecule has 0 aliphatic rings. The van der Waals surface area contributed by atoms with Crippen molar-refractivity contribution in [3.05, 3.63) is 36.3 Å². The van der Waals surface area contributed by atoms with Crippen molar-refractivity contribution >= 4 is 0 Å². The van der Waals surface area contributed by atoms with Crippen LogP contribution < -0.4 is 5.32 Å². The minimum absolute atomic E-state index is 0.741. The lowest BCUT2D eigenvalue weighted by Crippen LogP contribution is -2.14. The Labute approximate surface area is 94.6 Å². The maximum absolute atomic E-state index is 4.51. The first kappa shape index (κ1) is 10.8. The van der Waals surface area contributed by atoms with Gasteiger partial charge >= 0.3 is 0 Å². The molecule has 5 heteroatoms. The number of imidazole rings is 1. The molecule has 0 aromatic carbocycles. The number of rotatable bonds is 4. The molecule has 0 aliphatic heterocycles. The molecule has 0 saturated carbocycles. The van der Waals surface area contributed by atoms with Crippen molar-refractivity contribution in [3.8, 4) is 5.82 Å². The zero-order valence-corrected chi connectivity index (χ0v) is 9.51. The Morgan fingerprint density at radius 2 is 2.25 bits per heavy atom. The molecule has 0 atom stereocenters. The molecule has 2 aromatic heterocycles. The third kappa shape index (κ3) is 2.25. The summed E-state index contributed by atoms with van der Waals surface area (Å²) >= 11 is 0. The predicted molar refractivity (Wildman–Crippen MR) is 61.3 cm³/mol. The summed E-state index contributed by atoms with van der Waals surface area (Å²) in [4.78, 5) is 12.9. The topological polar surface area (TPSA) is 55.6 Å². The first-order chi connectivity index (χ1) is 7.81. The summed E-state index contributed by atoms with van der Waals surface area (Å²) in [7, 11) is 0. The van der Waals surface area contributed by atoms with Crippen LogP contribution in [0.5, 0.6) is 0 Å². The molecule has 2 rings (SSSR count). The van der Waals surface area contributed by atoms with E-state index in [4.69, 9.17) is 0 Å². The monoisotopic (exact) mass is 217 g/mol. The van der Waals surface area contributed by atoms with Gasteiger partial charge in [-0.25, -0.2) is 9.97 Å². The Morgan fingerprint density at radius 1 is 1.38 bits per heavy atom. The van der Waals surface area contributed by atoms with Crippen LogP contribution in [-0.2, 0) is 6.54 Å². The maximum Gasteiger partial charge on any atom is 0.156 e. The highest BCUT2D eigenvalue weighted by Gasteiger charge is 2.03. The highest BCUT2D eigenvalue weighted by Crippen LogP contribution is 2.06. The summed E-state index contributed by atoms with van der Waals surface area (Å²) in [6.45, 7) is 5.68. The van der Waals surface area contributed by atoms with E-state index in [0.717, 1.165) is 30.4 Å². The summed E-state index contributed by atoms with van der Waals surface area (Å²) in [5.41, 5.74) is 0.937. The van der Waals surface area contributed by atoms with Crippen molar-refractivity contribution in [3.63, 3.8) is 0 Å². The molecule has 2 heterocycles. The first-order valence-corrected chi connectivity index (χ1v) is 5.33. The van der Waals surface area contributed by atoms with Crippen LogP contribution in [0.2, 0.25) is 0 Å². The van der Waals surface area contributed by atoms with Gasteiger partial charge in [0, 0.05) is 25.1 Å². The van der Waals surface area contributed by atoms with Crippen LogP contribution in [0.1, 0.15) is 18.4 Å². The highest BCUT2D eigenvalue weighted by atomic mass is 15.1. The fourth-order valence-corrected chi connectivity index (χ4v) is 1.47. The van der Waals surface area contributed by atoms with Crippen LogP contribution in [0, 0.1) is 6.92 Å². The van der Waals surface area contributed by atoms with E-state index in [1.165, 1.54) is 0 Å². The van der Waals surface area contributed by atoms with Gasteiger partial charge in [0.1, 0.15) is 5.82 Å². The summed E-state index contributed by atoms with van der Waals surface area (Å²) in [6, 6.07) is 0. The van der Waals surface area contributed by atoms with Crippen LogP contribution in [0.4, 0.5) is 0 Å². The number of nitrogens with one attached hydrogen (secondary N) is 1. The normalized spacial score (nSPS) is 10.6. The van der Waals surface area contributed by atoms with E-state index >= 15 is 0 Å². The van der Waals surface area contributed by atoms with Crippen molar-refractivity contribution in [2.24, 2.45) is 0 Å². The first-order valence-electron chi connectivity index (χ1n) is 5.33. The third-order valence-electron chi connectivity index (χ3n) is 2.30. The van der Waals surface area contributed by atoms with Crippen molar-refractivity contribution in [2.45, 2.75) is 20.4 Å². The van der Waals surface area contributed by atoms with E-state index < -0.39 is 0 Å². The number of nitrogens with zero attached hydrogens (tertiary/aromatic N) is 4. The highest BCUT2D eigenvalue weighted by molar-refractivity contribution is 5.22. The minimum Gasteiger partial charge on any atom is -0.311 e. The minimum atomic E-state index is 0.741. The van der Waals surface area contributed by atoms with Crippen LogP contribution in [-0.4, -0.2) is 26.1 Å². The van der Waals surface area contributed by atoms with E-state index in [1.54, 1.807) is 18.6 Å². The summed E-state index contributed by atoms with van der Waals surface area (Å²) in [5, 5.41) is 3.22. The molecule has 0 amide bonds. The lowest BCUT2D eigenvalue weighted by Gasteiger charge is -2.06. The smallest absolute Gasteiger partial charge is 0.156 e. The summed E-state index contributed by atoms with van der Waals surface area (Å²) in [6.07, 6.45) is 7.16. The SMILES string of the molecule is CCNCc1cncc(-n2ccnc2C)n1. The van der Waals surface area contributed by atoms with Gasteiger partial charge in [0.15, 0.2) is 5.82 Å². The van der Waals surface area contributed by atoms with Crippen molar-refractivity contribution < 1.29 is 0 Å². The van der Waals surface area contributed by atoms with Crippen LogP contribution in [0.3, 0.4) is 0 Å². The van der Waals surface area contributed by atoms with E-state index in [1.807, 2.05) is 17.7 Å². The molecule has 0 unspecified atom stereocenters. The molecule has 0 bridgehead atoms. The fourth-order valence-electron chi connectivity index (χ4n) is 1.47. The Bertz CT molecular complexity index is 463. The number of aromatic nitrogens is 4. The molecule has 16 heavy (non-hydrogen) atoms. The lowest BCUT2D eigenvalue weighted by atomic mass is 10.4. The van der Waals surface area contributed by atoms with Gasteiger partial charge in [-0.3, -0.25) is 9.55 Å². The van der Waals surface area contributed by atoms with E-state index in [0.29, 0.717) is 0 Å². The van der Waals surface area contributed by atoms with Gasteiger partial charge < -0.3 is 5.32 Å². The fraction of sp³-hybridized carbons (Fsp3) is 0.364. The zero-order chi connectivity index (χ0) is 11.4. The molecule has 0 spiro atoms. The molecule has 5 nitrogen and oxygen atoms in total. The molecule has 2 aromatic rings. The molecule has 0 radical (unpaired) electrons. The van der Waals surface area contributed by atoms with E-state index in [2.05, 4.69) is 27.2 Å². The average molecular weight is 217 g/mol. The Kier molecular flexibility index (Phi) is 3.26. The molecule has 1 N–H and O–H groups in total. The standard InChI is InChI=1S/C11H15N5/c1-3-12-6-10-7-13-8-11(15-10)16-5-4-14-9(16)2/h4-5,7-8,12H,3,6H2,1-2H3. The van der Waals surface area contributed by atoms with Crippen molar-refractivity contribution in [2.75, 3.05) is 6.54 Å². The van der Waals surface area contributed by atoms with Gasteiger partial charge in [0.2, 0.25) is 0 Å². The van der Waals surface area contributed by atoms with Gasteiger partial charge in [0.25, 0.3) is 0 Å². The number of hydrogen-bond acceptors (Lipinski definition) is 4. The lowest BCUT2D eigenvalue weighted by molar-refractivity contribution is 0.703. The summed E-state index contributed by atoms with van der Waals surface area (Å²) in [5.74, 6) is 1.72. The van der Waals surface area contributed by atoms with Crippen LogP contribution >= 0.6 is 0 Å². The molecular weight excluding hydrogens is 202 g/mol. The molecule has 0 saturated heterocycles. The number of hydrogen-bond donors (Lipinski definition) is 1. The van der Waals surface area contributed by atoms with Gasteiger partial charge in [0.05, 0.1) is 11.9 Å². The average Bonchev–Trinajstić information content (AvgIpc) is 2.73. The second-order valence-corrected chi connectivity index (χ2v) is 3.49. The Hall–Kier alpha value is -1.75. The second-order valence-electron chi connectivity index (χ2n) is 3.49. The third-order valence-corrected chi connectivity index (χ3v) is 2.30. The maximum atomic E-state index is 4.51. The van der Waals surface area contributed by atoms with Gasteiger partial charge in [-0.05, 0) is 13.5 Å². The predicted octanol–water partition coefficient (Wildman–Crippen LogP) is 1.08. The largest absolute Gasteiger partial charge is 0.311 e. The van der Waals surface area contributed by atoms with Gasteiger partial charge in [-0.1, -0.05) is 6.92 Å². The van der Waals surface area contributed by atoms with Crippen molar-refractivity contribution in [1.29, 1.82) is 0 Å². The van der Waals surface area contributed by atoms with Crippen LogP contribution in [0.15, 0.2) is 24.8 Å². The number of aryl methyl sites for hydroxylation is 1. The molecule has 0 aliphatic carbocycles. The van der Waals surface area contributed by atoms with Crippen LogP contribution in [0.25, 0.3) is 5.82 Å². The van der Waals surface area contributed by atoms with Gasteiger partial charge in [-0.2, -0.15) is 0 Å². The Morgan fingerprint density at radius 3 is 2.94 bits per heavy atom.